The lowest BCUT2D eigenvalue weighted by Gasteiger charge is -2.49. The van der Waals surface area contributed by atoms with E-state index >= 15 is 0 Å². The summed E-state index contributed by atoms with van der Waals surface area (Å²) in [4.78, 5) is 17.0. The van der Waals surface area contributed by atoms with Gasteiger partial charge in [-0.3, -0.25) is 9.69 Å². The van der Waals surface area contributed by atoms with E-state index in [1.165, 1.54) is 31.7 Å². The van der Waals surface area contributed by atoms with Crippen LogP contribution in [0.4, 0.5) is 4.39 Å². The van der Waals surface area contributed by atoms with E-state index in [9.17, 15) is 9.18 Å². The highest BCUT2D eigenvalue weighted by Crippen LogP contribution is 2.42. The first-order valence-corrected chi connectivity index (χ1v) is 10.4. The van der Waals surface area contributed by atoms with Gasteiger partial charge in [-0.05, 0) is 68.8 Å². The molecule has 1 amide bonds. The first kappa shape index (κ1) is 18.7. The molecule has 2 heterocycles. The smallest absolute Gasteiger partial charge is 0.222 e. The van der Waals surface area contributed by atoms with E-state index in [2.05, 4.69) is 9.80 Å². The van der Waals surface area contributed by atoms with E-state index in [0.717, 1.165) is 38.9 Å². The molecule has 27 heavy (non-hydrogen) atoms. The Kier molecular flexibility index (Phi) is 5.40. The second-order valence-corrected chi connectivity index (χ2v) is 8.69. The number of hydrogen-bond acceptors (Lipinski definition) is 3. The molecule has 4 rings (SSSR count). The van der Waals surface area contributed by atoms with Crippen LogP contribution in [0, 0.1) is 11.2 Å². The maximum atomic E-state index is 14.1. The normalized spacial score (nSPS) is 23.9. The summed E-state index contributed by atoms with van der Waals surface area (Å²) in [5.74, 6) is 0.915. The maximum absolute atomic E-state index is 14.1. The number of halogens is 1. The third kappa shape index (κ3) is 3.98. The number of ether oxygens (including phenoxy) is 1. The predicted octanol–water partition coefficient (Wildman–Crippen LogP) is 3.98. The monoisotopic (exact) mass is 374 g/mol. The fraction of sp³-hybridized carbons (Fsp3) is 0.682. The number of amides is 1. The van der Waals surface area contributed by atoms with E-state index in [1.54, 1.807) is 19.2 Å². The molecular weight excluding hydrogens is 343 g/mol. The van der Waals surface area contributed by atoms with Gasteiger partial charge in [-0.2, -0.15) is 0 Å². The van der Waals surface area contributed by atoms with Crippen molar-refractivity contribution in [1.82, 2.24) is 9.80 Å². The van der Waals surface area contributed by atoms with Gasteiger partial charge in [-0.15, -0.1) is 0 Å². The van der Waals surface area contributed by atoms with Crippen LogP contribution in [0.15, 0.2) is 18.2 Å². The maximum Gasteiger partial charge on any atom is 0.222 e. The van der Waals surface area contributed by atoms with Crippen LogP contribution in [0.5, 0.6) is 5.75 Å². The molecule has 3 fully saturated rings. The molecule has 0 N–H and O–H groups in total. The van der Waals surface area contributed by atoms with E-state index in [1.807, 2.05) is 0 Å². The summed E-state index contributed by atoms with van der Waals surface area (Å²) in [5, 5.41) is 0. The minimum absolute atomic E-state index is 0.160. The first-order chi connectivity index (χ1) is 13.1. The van der Waals surface area contributed by atoms with Crippen LogP contribution in [-0.4, -0.2) is 48.5 Å². The van der Waals surface area contributed by atoms with Gasteiger partial charge in [0, 0.05) is 31.1 Å². The van der Waals surface area contributed by atoms with Crippen molar-refractivity contribution in [3.63, 3.8) is 0 Å². The molecule has 1 spiro atoms. The van der Waals surface area contributed by atoms with Gasteiger partial charge in [-0.1, -0.05) is 12.8 Å². The standard InChI is InChI=1S/C22H31FN2O2/c1-27-19-6-7-20(23)17(14-19)15-24-12-10-22(11-13-24)9-8-21(26)25(16-22)18-4-2-3-5-18/h6-7,14,18H,2-5,8-13,15-16H2,1H3. The summed E-state index contributed by atoms with van der Waals surface area (Å²) in [5.41, 5.74) is 0.983. The number of carbonyl (C=O) groups is 1. The number of carbonyl (C=O) groups excluding carboxylic acids is 1. The highest BCUT2D eigenvalue weighted by atomic mass is 19.1. The third-order valence-electron chi connectivity index (χ3n) is 7.02. The van der Waals surface area contributed by atoms with Crippen LogP contribution in [0.25, 0.3) is 0 Å². The van der Waals surface area contributed by atoms with Gasteiger partial charge in [0.25, 0.3) is 0 Å². The Balaban J connectivity index is 1.37. The number of hydrogen-bond donors (Lipinski definition) is 0. The Hall–Kier alpha value is -1.62. The van der Waals surface area contributed by atoms with Gasteiger partial charge >= 0.3 is 0 Å². The summed E-state index contributed by atoms with van der Waals surface area (Å²) in [6.45, 7) is 3.52. The predicted molar refractivity (Wildman–Crippen MR) is 103 cm³/mol. The van der Waals surface area contributed by atoms with Crippen molar-refractivity contribution in [1.29, 1.82) is 0 Å². The Bertz CT molecular complexity index is 679. The molecule has 1 aliphatic carbocycles. The van der Waals surface area contributed by atoms with Gasteiger partial charge in [0.15, 0.2) is 0 Å². The van der Waals surface area contributed by atoms with Crippen LogP contribution in [0.3, 0.4) is 0 Å². The van der Waals surface area contributed by atoms with Gasteiger partial charge in [0.05, 0.1) is 7.11 Å². The van der Waals surface area contributed by atoms with Crippen LogP contribution in [0.2, 0.25) is 0 Å². The molecule has 0 aromatic heterocycles. The molecule has 0 atom stereocenters. The van der Waals surface area contributed by atoms with Crippen LogP contribution >= 0.6 is 0 Å². The van der Waals surface area contributed by atoms with Crippen molar-refractivity contribution in [2.24, 2.45) is 5.41 Å². The molecule has 1 aromatic rings. The Morgan fingerprint density at radius 3 is 2.63 bits per heavy atom. The summed E-state index contributed by atoms with van der Waals surface area (Å²) in [6, 6.07) is 5.45. The molecule has 3 aliphatic rings. The van der Waals surface area contributed by atoms with Gasteiger partial charge < -0.3 is 9.64 Å². The third-order valence-corrected chi connectivity index (χ3v) is 7.02. The minimum atomic E-state index is -0.160. The van der Waals surface area contributed by atoms with Crippen LogP contribution < -0.4 is 4.74 Å². The van der Waals surface area contributed by atoms with Crippen LogP contribution in [0.1, 0.15) is 56.9 Å². The van der Waals surface area contributed by atoms with Crippen molar-refractivity contribution in [3.8, 4) is 5.75 Å². The molecule has 1 saturated carbocycles. The SMILES string of the molecule is COc1ccc(F)c(CN2CCC3(CCC(=O)N(C4CCCC4)C3)CC2)c1. The molecule has 1 aromatic carbocycles. The van der Waals surface area contributed by atoms with Gasteiger partial charge in [0.2, 0.25) is 5.91 Å². The fourth-order valence-electron chi connectivity index (χ4n) is 5.23. The molecule has 0 radical (unpaired) electrons. The molecular formula is C22H31FN2O2. The minimum Gasteiger partial charge on any atom is -0.497 e. The molecule has 5 heteroatoms. The highest BCUT2D eigenvalue weighted by molar-refractivity contribution is 5.77. The largest absolute Gasteiger partial charge is 0.497 e. The number of likely N-dealkylation sites (tertiary alicyclic amines) is 2. The van der Waals surface area contributed by atoms with E-state index in [0.29, 0.717) is 36.2 Å². The zero-order chi connectivity index (χ0) is 18.9. The average molecular weight is 375 g/mol. The summed E-state index contributed by atoms with van der Waals surface area (Å²) < 4.78 is 19.4. The Morgan fingerprint density at radius 1 is 1.19 bits per heavy atom. The lowest BCUT2D eigenvalue weighted by molar-refractivity contribution is -0.142. The van der Waals surface area contributed by atoms with Crippen molar-refractivity contribution < 1.29 is 13.9 Å². The number of benzene rings is 1. The Morgan fingerprint density at radius 2 is 1.93 bits per heavy atom. The van der Waals surface area contributed by atoms with E-state index in [4.69, 9.17) is 4.74 Å². The lowest BCUT2D eigenvalue weighted by Crippen LogP contribution is -2.53. The average Bonchev–Trinajstić information content (AvgIpc) is 3.22. The fourth-order valence-corrected chi connectivity index (χ4v) is 5.23. The van der Waals surface area contributed by atoms with Crippen molar-refractivity contribution >= 4 is 5.91 Å². The number of methoxy groups -OCH3 is 1. The highest BCUT2D eigenvalue weighted by Gasteiger charge is 2.43. The first-order valence-electron chi connectivity index (χ1n) is 10.4. The second-order valence-electron chi connectivity index (χ2n) is 8.69. The van der Waals surface area contributed by atoms with E-state index < -0.39 is 0 Å². The Labute approximate surface area is 161 Å². The van der Waals surface area contributed by atoms with Crippen LogP contribution in [-0.2, 0) is 11.3 Å². The molecule has 0 bridgehead atoms. The van der Waals surface area contributed by atoms with E-state index in [-0.39, 0.29) is 11.2 Å². The van der Waals surface area contributed by atoms with Crippen molar-refractivity contribution in [2.45, 2.75) is 64.0 Å². The summed E-state index contributed by atoms with van der Waals surface area (Å²) in [7, 11) is 1.61. The number of piperidine rings is 2. The number of rotatable bonds is 4. The zero-order valence-electron chi connectivity index (χ0n) is 16.4. The quantitative estimate of drug-likeness (QED) is 0.799. The van der Waals surface area contributed by atoms with Crippen molar-refractivity contribution in [3.05, 3.63) is 29.6 Å². The molecule has 148 valence electrons. The molecule has 2 saturated heterocycles. The lowest BCUT2D eigenvalue weighted by atomic mass is 9.72. The zero-order valence-corrected chi connectivity index (χ0v) is 16.4. The summed E-state index contributed by atoms with van der Waals surface area (Å²) >= 11 is 0. The number of nitrogens with zero attached hydrogens (tertiary/aromatic N) is 2. The van der Waals surface area contributed by atoms with Gasteiger partial charge in [0.1, 0.15) is 11.6 Å². The molecule has 4 nitrogen and oxygen atoms in total. The molecule has 2 aliphatic heterocycles. The van der Waals surface area contributed by atoms with Crippen molar-refractivity contribution in [2.75, 3.05) is 26.7 Å². The second kappa shape index (κ2) is 7.78. The van der Waals surface area contributed by atoms with Gasteiger partial charge in [-0.25, -0.2) is 4.39 Å². The molecule has 0 unspecified atom stereocenters. The topological polar surface area (TPSA) is 32.8 Å². The summed E-state index contributed by atoms with van der Waals surface area (Å²) in [6.07, 6.45) is 8.84.